The van der Waals surface area contributed by atoms with E-state index in [1.54, 1.807) is 50.2 Å². The molecule has 1 N–H and O–H groups in total. The maximum absolute atomic E-state index is 13.5. The molecule has 0 aliphatic carbocycles. The average molecular weight is 529 g/mol. The normalized spacial score (nSPS) is 12.7. The van der Waals surface area contributed by atoms with Crippen LogP contribution < -0.4 is 9.62 Å². The molecule has 0 radical (unpaired) electrons. The number of nitrogens with zero attached hydrogens (tertiary/aromatic N) is 2. The van der Waals surface area contributed by atoms with E-state index in [-0.39, 0.29) is 12.5 Å². The van der Waals surface area contributed by atoms with Crippen LogP contribution in [0.15, 0.2) is 42.5 Å². The highest BCUT2D eigenvalue weighted by atomic mass is 35.5. The van der Waals surface area contributed by atoms with Gasteiger partial charge in [0.2, 0.25) is 21.8 Å². The first-order chi connectivity index (χ1) is 15.6. The number of hydrogen-bond donors (Lipinski definition) is 1. The van der Waals surface area contributed by atoms with Crippen LogP contribution in [-0.4, -0.2) is 49.5 Å². The Morgan fingerprint density at radius 1 is 1.03 bits per heavy atom. The Hall–Kier alpha value is -2.29. The summed E-state index contributed by atoms with van der Waals surface area (Å²) < 4.78 is 26.3. The Morgan fingerprint density at radius 2 is 1.59 bits per heavy atom. The Labute approximate surface area is 212 Å². The predicted molar refractivity (Wildman–Crippen MR) is 138 cm³/mol. The lowest BCUT2D eigenvalue weighted by molar-refractivity contribution is -0.140. The molecular weight excluding hydrogens is 497 g/mol. The summed E-state index contributed by atoms with van der Waals surface area (Å²) in [7, 11) is -3.83. The van der Waals surface area contributed by atoms with Crippen LogP contribution >= 0.6 is 23.2 Å². The minimum absolute atomic E-state index is 0.0981. The third-order valence-corrected chi connectivity index (χ3v) is 6.66. The second-order valence-corrected chi connectivity index (χ2v) is 12.0. The number of carbonyl (C=O) groups is 2. The van der Waals surface area contributed by atoms with Gasteiger partial charge in [0, 0.05) is 22.1 Å². The minimum Gasteiger partial charge on any atom is -0.350 e. The van der Waals surface area contributed by atoms with E-state index >= 15 is 0 Å². The monoisotopic (exact) mass is 527 g/mol. The third kappa shape index (κ3) is 7.89. The van der Waals surface area contributed by atoms with Gasteiger partial charge in [0.05, 0.1) is 11.9 Å². The zero-order valence-corrected chi connectivity index (χ0v) is 22.6. The van der Waals surface area contributed by atoms with Crippen molar-refractivity contribution in [2.45, 2.75) is 52.7 Å². The van der Waals surface area contributed by atoms with Gasteiger partial charge in [-0.05, 0) is 70.0 Å². The fraction of sp³-hybridized carbons (Fsp3) is 0.417. The fourth-order valence-corrected chi connectivity index (χ4v) is 4.48. The first kappa shape index (κ1) is 28.0. The lowest BCUT2D eigenvalue weighted by atomic mass is 10.1. The van der Waals surface area contributed by atoms with E-state index in [1.807, 2.05) is 20.8 Å². The molecule has 0 aliphatic heterocycles. The van der Waals surface area contributed by atoms with Gasteiger partial charge in [-0.15, -0.1) is 0 Å². The molecule has 2 amide bonds. The highest BCUT2D eigenvalue weighted by Crippen LogP contribution is 2.27. The summed E-state index contributed by atoms with van der Waals surface area (Å²) in [5.74, 6) is -0.879. The number of sulfonamides is 1. The van der Waals surface area contributed by atoms with Crippen LogP contribution in [0, 0.1) is 6.92 Å². The van der Waals surface area contributed by atoms with E-state index in [9.17, 15) is 18.0 Å². The minimum atomic E-state index is -3.83. The highest BCUT2D eigenvalue weighted by Gasteiger charge is 2.31. The molecule has 7 nitrogen and oxygen atoms in total. The van der Waals surface area contributed by atoms with Crippen LogP contribution in [0.2, 0.25) is 10.0 Å². The van der Waals surface area contributed by atoms with Crippen molar-refractivity contribution >= 4 is 50.7 Å². The van der Waals surface area contributed by atoms with Gasteiger partial charge in [-0.25, -0.2) is 8.42 Å². The lowest BCUT2D eigenvalue weighted by Gasteiger charge is -2.33. The standard InChI is InChI=1S/C24H31Cl2N3O4S/c1-16-7-10-20(26)13-21(16)29(34(6,32)33)15-22(30)28(14-18-8-11-19(25)12-9-18)17(2)23(31)27-24(3,4)5/h7-13,17H,14-15H2,1-6H3,(H,27,31)/t17-/m0/s1. The molecule has 0 saturated heterocycles. The molecule has 2 aromatic carbocycles. The SMILES string of the molecule is Cc1ccc(Cl)cc1N(CC(=O)N(Cc1ccc(Cl)cc1)[C@@H](C)C(=O)NC(C)(C)C)S(C)(=O)=O. The number of halogens is 2. The van der Waals surface area contributed by atoms with Crippen molar-refractivity contribution in [1.82, 2.24) is 10.2 Å². The summed E-state index contributed by atoms with van der Waals surface area (Å²) in [6, 6.07) is 10.9. The number of nitrogens with one attached hydrogen (secondary N) is 1. The molecular formula is C24H31Cl2N3O4S. The summed E-state index contributed by atoms with van der Waals surface area (Å²) in [4.78, 5) is 27.8. The van der Waals surface area contributed by atoms with Crippen LogP contribution in [0.1, 0.15) is 38.8 Å². The van der Waals surface area contributed by atoms with Crippen molar-refractivity contribution in [2.24, 2.45) is 0 Å². The molecule has 2 rings (SSSR count). The number of rotatable bonds is 8. The number of amides is 2. The van der Waals surface area contributed by atoms with Gasteiger partial charge in [-0.3, -0.25) is 13.9 Å². The van der Waals surface area contributed by atoms with Crippen LogP contribution in [0.25, 0.3) is 0 Å². The molecule has 34 heavy (non-hydrogen) atoms. The van der Waals surface area contributed by atoms with E-state index in [2.05, 4.69) is 5.32 Å². The zero-order valence-electron chi connectivity index (χ0n) is 20.2. The molecule has 10 heteroatoms. The fourth-order valence-electron chi connectivity index (χ4n) is 3.29. The Balaban J connectivity index is 2.44. The molecule has 0 bridgehead atoms. The van der Waals surface area contributed by atoms with Crippen LogP contribution in [0.3, 0.4) is 0 Å². The van der Waals surface area contributed by atoms with Gasteiger partial charge in [-0.1, -0.05) is 41.4 Å². The van der Waals surface area contributed by atoms with Gasteiger partial charge in [0.15, 0.2) is 0 Å². The number of carbonyl (C=O) groups excluding carboxylic acids is 2. The van der Waals surface area contributed by atoms with Gasteiger partial charge in [0.1, 0.15) is 12.6 Å². The van der Waals surface area contributed by atoms with Crippen LogP contribution in [0.4, 0.5) is 5.69 Å². The third-order valence-electron chi connectivity index (χ3n) is 5.05. The Morgan fingerprint density at radius 3 is 2.12 bits per heavy atom. The van der Waals surface area contributed by atoms with Crippen LogP contribution in [0.5, 0.6) is 0 Å². The number of anilines is 1. The second-order valence-electron chi connectivity index (χ2n) is 9.26. The van der Waals surface area contributed by atoms with Gasteiger partial charge in [-0.2, -0.15) is 0 Å². The summed E-state index contributed by atoms with van der Waals surface area (Å²) in [5, 5.41) is 3.76. The van der Waals surface area contributed by atoms with E-state index in [0.717, 1.165) is 16.1 Å². The molecule has 2 aromatic rings. The molecule has 0 fully saturated rings. The summed E-state index contributed by atoms with van der Waals surface area (Å²) in [6.45, 7) is 8.49. The molecule has 0 aromatic heterocycles. The molecule has 186 valence electrons. The van der Waals surface area contributed by atoms with Crippen molar-refractivity contribution in [3.05, 3.63) is 63.6 Å². The predicted octanol–water partition coefficient (Wildman–Crippen LogP) is 4.40. The van der Waals surface area contributed by atoms with Gasteiger partial charge in [0.25, 0.3) is 0 Å². The smallest absolute Gasteiger partial charge is 0.244 e. The zero-order chi connectivity index (χ0) is 25.8. The first-order valence-corrected chi connectivity index (χ1v) is 13.3. The average Bonchev–Trinajstić information content (AvgIpc) is 2.70. The van der Waals surface area contributed by atoms with Gasteiger partial charge < -0.3 is 10.2 Å². The summed E-state index contributed by atoms with van der Waals surface area (Å²) >= 11 is 12.1. The summed E-state index contributed by atoms with van der Waals surface area (Å²) in [5.41, 5.74) is 1.20. The van der Waals surface area contributed by atoms with Crippen molar-refractivity contribution < 1.29 is 18.0 Å². The second kappa shape index (κ2) is 11.0. The van der Waals surface area contributed by atoms with E-state index < -0.39 is 34.1 Å². The number of benzene rings is 2. The number of aryl methyl sites for hydroxylation is 1. The molecule has 0 spiro atoms. The first-order valence-electron chi connectivity index (χ1n) is 10.7. The van der Waals surface area contributed by atoms with Crippen LogP contribution in [-0.2, 0) is 26.2 Å². The highest BCUT2D eigenvalue weighted by molar-refractivity contribution is 7.92. The molecule has 0 saturated carbocycles. The Kier molecular flexibility index (Phi) is 9.02. The van der Waals surface area contributed by atoms with Crippen molar-refractivity contribution in [3.63, 3.8) is 0 Å². The molecule has 0 unspecified atom stereocenters. The van der Waals surface area contributed by atoms with E-state index in [0.29, 0.717) is 21.3 Å². The lowest BCUT2D eigenvalue weighted by Crippen LogP contribution is -2.54. The Bertz CT molecular complexity index is 1150. The van der Waals surface area contributed by atoms with Crippen molar-refractivity contribution in [1.29, 1.82) is 0 Å². The van der Waals surface area contributed by atoms with Crippen molar-refractivity contribution in [2.75, 3.05) is 17.1 Å². The molecule has 1 atom stereocenters. The molecule has 0 aliphatic rings. The van der Waals surface area contributed by atoms with E-state index in [1.165, 1.54) is 11.0 Å². The van der Waals surface area contributed by atoms with Gasteiger partial charge >= 0.3 is 0 Å². The maximum atomic E-state index is 13.5. The maximum Gasteiger partial charge on any atom is 0.244 e. The largest absolute Gasteiger partial charge is 0.350 e. The number of hydrogen-bond acceptors (Lipinski definition) is 4. The molecule has 0 heterocycles. The topological polar surface area (TPSA) is 86.8 Å². The van der Waals surface area contributed by atoms with Crippen molar-refractivity contribution in [3.8, 4) is 0 Å². The van der Waals surface area contributed by atoms with E-state index in [4.69, 9.17) is 23.2 Å². The quantitative estimate of drug-likeness (QED) is 0.551. The summed E-state index contributed by atoms with van der Waals surface area (Å²) in [6.07, 6.45) is 1.03.